The van der Waals surface area contributed by atoms with Gasteiger partial charge in [-0.15, -0.1) is 0 Å². The van der Waals surface area contributed by atoms with Crippen molar-refractivity contribution in [1.29, 1.82) is 0 Å². The summed E-state index contributed by atoms with van der Waals surface area (Å²) in [5, 5.41) is 1.11. The Kier molecular flexibility index (Phi) is 3.83. The van der Waals surface area contributed by atoms with E-state index >= 15 is 0 Å². The molecule has 2 rings (SSSR count). The van der Waals surface area contributed by atoms with Crippen LogP contribution in [0.3, 0.4) is 0 Å². The van der Waals surface area contributed by atoms with Gasteiger partial charge in [0.25, 0.3) is 0 Å². The van der Waals surface area contributed by atoms with Crippen molar-refractivity contribution >= 4 is 21.8 Å². The highest BCUT2D eigenvalue weighted by molar-refractivity contribution is 9.09. The first-order valence-corrected chi connectivity index (χ1v) is 7.70. The maximum atomic E-state index is 12.2. The Morgan fingerprint density at radius 3 is 2.71 bits per heavy atom. The minimum Gasteiger partial charge on any atom is -0.341 e. The fraction of sp³-hybridized carbons (Fsp3) is 0.923. The summed E-state index contributed by atoms with van der Waals surface area (Å²) < 4.78 is 0. The molecule has 2 aliphatic rings. The smallest absolute Gasteiger partial charge is 0.239 e. The first-order valence-electron chi connectivity index (χ1n) is 6.58. The van der Waals surface area contributed by atoms with Gasteiger partial charge in [0.1, 0.15) is 0 Å². The molecule has 2 fully saturated rings. The van der Waals surface area contributed by atoms with Crippen molar-refractivity contribution < 1.29 is 4.79 Å². The summed E-state index contributed by atoms with van der Waals surface area (Å²) in [4.78, 5) is 14.2. The summed E-state index contributed by atoms with van der Waals surface area (Å²) in [6.07, 6.45) is 3.73. The minimum atomic E-state index is -0.322. The van der Waals surface area contributed by atoms with Crippen LogP contribution in [0, 0.1) is 17.3 Å². The highest BCUT2D eigenvalue weighted by Crippen LogP contribution is 2.52. The summed E-state index contributed by atoms with van der Waals surface area (Å²) >= 11 is 3.54. The number of halogens is 1. The van der Waals surface area contributed by atoms with Crippen LogP contribution < -0.4 is 5.73 Å². The van der Waals surface area contributed by atoms with Crippen LogP contribution in [0.2, 0.25) is 0 Å². The van der Waals surface area contributed by atoms with Crippen molar-refractivity contribution in [2.24, 2.45) is 23.0 Å². The Bertz CT molecular complexity index is 300. The number of alkyl halides is 1. The molecule has 0 bridgehead atoms. The van der Waals surface area contributed by atoms with Crippen molar-refractivity contribution in [3.8, 4) is 0 Å². The first kappa shape index (κ1) is 13.3. The Labute approximate surface area is 112 Å². The summed E-state index contributed by atoms with van der Waals surface area (Å²) in [7, 11) is 0. The third-order valence-electron chi connectivity index (χ3n) is 4.41. The van der Waals surface area contributed by atoms with E-state index in [0.717, 1.165) is 24.3 Å². The number of hydrogen-bond acceptors (Lipinski definition) is 2. The van der Waals surface area contributed by atoms with E-state index in [1.807, 2.05) is 18.7 Å². The van der Waals surface area contributed by atoms with Crippen LogP contribution in [0.15, 0.2) is 0 Å². The molecular weight excluding hydrogens is 280 g/mol. The van der Waals surface area contributed by atoms with Crippen LogP contribution in [0.4, 0.5) is 0 Å². The van der Waals surface area contributed by atoms with Gasteiger partial charge in [-0.1, -0.05) is 29.8 Å². The Morgan fingerprint density at radius 1 is 1.53 bits per heavy atom. The minimum absolute atomic E-state index is 0.152. The number of carbonyl (C=O) groups excluding carboxylic acids is 1. The molecule has 1 spiro atoms. The summed E-state index contributed by atoms with van der Waals surface area (Å²) in [6.45, 7) is 5.88. The van der Waals surface area contributed by atoms with Gasteiger partial charge in [-0.05, 0) is 36.5 Å². The van der Waals surface area contributed by atoms with Gasteiger partial charge < -0.3 is 10.6 Å². The van der Waals surface area contributed by atoms with E-state index in [9.17, 15) is 4.79 Å². The van der Waals surface area contributed by atoms with Gasteiger partial charge in [0.15, 0.2) is 0 Å². The Morgan fingerprint density at radius 2 is 2.18 bits per heavy atom. The second kappa shape index (κ2) is 4.88. The van der Waals surface area contributed by atoms with Gasteiger partial charge >= 0.3 is 0 Å². The molecule has 0 radical (unpaired) electrons. The normalized spacial score (nSPS) is 34.2. The van der Waals surface area contributed by atoms with Crippen molar-refractivity contribution in [2.75, 3.05) is 18.4 Å². The third kappa shape index (κ3) is 2.53. The lowest BCUT2D eigenvalue weighted by Crippen LogP contribution is -2.47. The standard InChI is InChI=1S/C13H23BrN2O/c1-9(2)11(15)12(17)16-4-3-13(8-16)5-10(6-13)7-14/h9-11H,3-8,15H2,1-2H3. The number of carbonyl (C=O) groups is 1. The maximum absolute atomic E-state index is 12.2. The molecule has 3 nitrogen and oxygen atoms in total. The molecule has 0 aromatic heterocycles. The predicted molar refractivity (Wildman–Crippen MR) is 73.0 cm³/mol. The molecule has 1 saturated heterocycles. The van der Waals surface area contributed by atoms with Crippen molar-refractivity contribution in [2.45, 2.75) is 39.2 Å². The summed E-state index contributed by atoms with van der Waals surface area (Å²) in [5.41, 5.74) is 6.38. The molecule has 1 unspecified atom stereocenters. The zero-order valence-electron chi connectivity index (χ0n) is 10.8. The number of hydrogen-bond donors (Lipinski definition) is 1. The molecule has 98 valence electrons. The third-order valence-corrected chi connectivity index (χ3v) is 5.33. The van der Waals surface area contributed by atoms with Gasteiger partial charge in [0.05, 0.1) is 6.04 Å². The van der Waals surface area contributed by atoms with E-state index < -0.39 is 0 Å². The van der Waals surface area contributed by atoms with Crippen LogP contribution in [0.25, 0.3) is 0 Å². The molecule has 0 aromatic rings. The van der Waals surface area contributed by atoms with E-state index in [-0.39, 0.29) is 17.9 Å². The van der Waals surface area contributed by atoms with Crippen LogP contribution in [0.5, 0.6) is 0 Å². The zero-order chi connectivity index (χ0) is 12.6. The van der Waals surface area contributed by atoms with E-state index in [2.05, 4.69) is 15.9 Å². The number of amides is 1. The highest BCUT2D eigenvalue weighted by Gasteiger charge is 2.49. The van der Waals surface area contributed by atoms with Crippen LogP contribution in [0.1, 0.15) is 33.1 Å². The van der Waals surface area contributed by atoms with Gasteiger partial charge in [0.2, 0.25) is 5.91 Å². The molecule has 1 aliphatic heterocycles. The predicted octanol–water partition coefficient (Wildman–Crippen LogP) is 1.99. The molecular formula is C13H23BrN2O. The average molecular weight is 303 g/mol. The van der Waals surface area contributed by atoms with Crippen molar-refractivity contribution in [3.63, 3.8) is 0 Å². The van der Waals surface area contributed by atoms with E-state index in [0.29, 0.717) is 5.41 Å². The molecule has 1 saturated carbocycles. The van der Waals surface area contributed by atoms with Gasteiger partial charge in [-0.25, -0.2) is 0 Å². The number of nitrogens with zero attached hydrogens (tertiary/aromatic N) is 1. The molecule has 2 N–H and O–H groups in total. The summed E-state index contributed by atoms with van der Waals surface area (Å²) in [5.74, 6) is 1.21. The number of rotatable bonds is 3. The van der Waals surface area contributed by atoms with Gasteiger partial charge in [-0.3, -0.25) is 4.79 Å². The molecule has 17 heavy (non-hydrogen) atoms. The topological polar surface area (TPSA) is 46.3 Å². The Balaban J connectivity index is 1.88. The summed E-state index contributed by atoms with van der Waals surface area (Å²) in [6, 6.07) is -0.322. The molecule has 1 heterocycles. The van der Waals surface area contributed by atoms with E-state index in [1.165, 1.54) is 19.3 Å². The zero-order valence-corrected chi connectivity index (χ0v) is 12.4. The monoisotopic (exact) mass is 302 g/mol. The molecule has 1 aliphatic carbocycles. The maximum Gasteiger partial charge on any atom is 0.239 e. The Hall–Kier alpha value is -0.0900. The largest absolute Gasteiger partial charge is 0.341 e. The number of nitrogens with two attached hydrogens (primary N) is 1. The molecule has 4 heteroatoms. The van der Waals surface area contributed by atoms with Gasteiger partial charge in [-0.2, -0.15) is 0 Å². The second-order valence-corrected chi connectivity index (χ2v) is 6.86. The first-order chi connectivity index (χ1) is 7.97. The fourth-order valence-corrected chi connectivity index (χ4v) is 3.68. The van der Waals surface area contributed by atoms with Gasteiger partial charge in [0, 0.05) is 18.4 Å². The molecule has 1 amide bonds. The number of likely N-dealkylation sites (tertiary alicyclic amines) is 1. The molecule has 1 atom stereocenters. The fourth-order valence-electron chi connectivity index (χ4n) is 3.23. The second-order valence-electron chi connectivity index (χ2n) is 6.21. The molecule has 0 aromatic carbocycles. The highest BCUT2D eigenvalue weighted by atomic mass is 79.9. The van der Waals surface area contributed by atoms with Crippen molar-refractivity contribution in [1.82, 2.24) is 4.90 Å². The SMILES string of the molecule is CC(C)C(N)C(=O)N1CCC2(CC(CBr)C2)C1. The van der Waals surface area contributed by atoms with E-state index in [1.54, 1.807) is 0 Å². The van der Waals surface area contributed by atoms with E-state index in [4.69, 9.17) is 5.73 Å². The quantitative estimate of drug-likeness (QED) is 0.811. The van der Waals surface area contributed by atoms with Crippen molar-refractivity contribution in [3.05, 3.63) is 0 Å². The lowest BCUT2D eigenvalue weighted by Gasteiger charge is -2.44. The van der Waals surface area contributed by atoms with Crippen LogP contribution >= 0.6 is 15.9 Å². The van der Waals surface area contributed by atoms with Crippen LogP contribution in [-0.2, 0) is 4.79 Å². The average Bonchev–Trinajstić information content (AvgIpc) is 2.69. The van der Waals surface area contributed by atoms with Crippen LogP contribution in [-0.4, -0.2) is 35.3 Å². The lowest BCUT2D eigenvalue weighted by atomic mass is 9.62. The lowest BCUT2D eigenvalue weighted by molar-refractivity contribution is -0.133.